The van der Waals surface area contributed by atoms with Crippen LogP contribution in [0.25, 0.3) is 0 Å². The number of carbonyl (C=O) groups is 2. The van der Waals surface area contributed by atoms with Crippen LogP contribution in [0.2, 0.25) is 0 Å². The third kappa shape index (κ3) is 4.51. The molecule has 7 heteroatoms. The van der Waals surface area contributed by atoms with Gasteiger partial charge in [0.2, 0.25) is 5.91 Å². The molecule has 110 valence electrons. The van der Waals surface area contributed by atoms with E-state index in [0.29, 0.717) is 13.2 Å². The van der Waals surface area contributed by atoms with Crippen LogP contribution in [0.3, 0.4) is 0 Å². The second-order valence-electron chi connectivity index (χ2n) is 4.22. The number of hydrogen-bond donors (Lipinski definition) is 3. The summed E-state index contributed by atoms with van der Waals surface area (Å²) in [6.45, 7) is 2.21. The van der Waals surface area contributed by atoms with Gasteiger partial charge in [0.15, 0.2) is 0 Å². The lowest BCUT2D eigenvalue weighted by atomic mass is 10.1. The summed E-state index contributed by atoms with van der Waals surface area (Å²) in [5, 5.41) is 4.97. The Morgan fingerprint density at radius 2 is 2.15 bits per heavy atom. The molecule has 0 saturated heterocycles. The van der Waals surface area contributed by atoms with Gasteiger partial charge in [-0.05, 0) is 25.1 Å². The van der Waals surface area contributed by atoms with Gasteiger partial charge in [0, 0.05) is 19.3 Å². The predicted octanol–water partition coefficient (Wildman–Crippen LogP) is 0.289. The van der Waals surface area contributed by atoms with Crippen molar-refractivity contribution < 1.29 is 18.7 Å². The highest BCUT2D eigenvalue weighted by atomic mass is 19.1. The minimum Gasteiger partial charge on any atom is -0.399 e. The van der Waals surface area contributed by atoms with Crippen molar-refractivity contribution in [1.29, 1.82) is 0 Å². The van der Waals surface area contributed by atoms with Gasteiger partial charge in [-0.3, -0.25) is 9.59 Å². The molecule has 4 N–H and O–H groups in total. The maximum absolute atomic E-state index is 13.5. The zero-order valence-electron chi connectivity index (χ0n) is 11.4. The molecule has 0 radical (unpaired) electrons. The number of carbonyl (C=O) groups excluding carboxylic acids is 2. The summed E-state index contributed by atoms with van der Waals surface area (Å²) >= 11 is 0. The van der Waals surface area contributed by atoms with Gasteiger partial charge in [-0.2, -0.15) is 0 Å². The van der Waals surface area contributed by atoms with Gasteiger partial charge in [0.05, 0.1) is 12.2 Å². The molecule has 1 unspecified atom stereocenters. The van der Waals surface area contributed by atoms with E-state index in [-0.39, 0.29) is 17.2 Å². The molecule has 0 fully saturated rings. The highest BCUT2D eigenvalue weighted by molar-refractivity contribution is 5.98. The molecule has 0 aliphatic rings. The van der Waals surface area contributed by atoms with E-state index in [9.17, 15) is 14.0 Å². The zero-order valence-corrected chi connectivity index (χ0v) is 11.4. The lowest BCUT2D eigenvalue weighted by Crippen LogP contribution is -2.45. The van der Waals surface area contributed by atoms with E-state index in [1.54, 1.807) is 0 Å². The Morgan fingerprint density at radius 3 is 2.80 bits per heavy atom. The molecular weight excluding hydrogens is 265 g/mol. The SMILES string of the molecule is COCCNC(=O)C(C)NC(=O)c1cc(N)ccc1F. The number of nitrogen functional groups attached to an aromatic ring is 1. The number of rotatable bonds is 6. The average molecular weight is 283 g/mol. The molecule has 0 bridgehead atoms. The van der Waals surface area contributed by atoms with Crippen LogP contribution in [-0.2, 0) is 9.53 Å². The van der Waals surface area contributed by atoms with Gasteiger partial charge >= 0.3 is 0 Å². The Labute approximate surface area is 116 Å². The molecule has 1 rings (SSSR count). The number of benzene rings is 1. The summed E-state index contributed by atoms with van der Waals surface area (Å²) in [7, 11) is 1.51. The lowest BCUT2D eigenvalue weighted by Gasteiger charge is -2.14. The van der Waals surface area contributed by atoms with Gasteiger partial charge in [0.25, 0.3) is 5.91 Å². The van der Waals surface area contributed by atoms with Crippen LogP contribution in [-0.4, -0.2) is 38.1 Å². The van der Waals surface area contributed by atoms with Crippen LogP contribution >= 0.6 is 0 Å². The van der Waals surface area contributed by atoms with E-state index in [1.165, 1.54) is 26.2 Å². The number of hydrogen-bond acceptors (Lipinski definition) is 4. The number of nitrogens with one attached hydrogen (secondary N) is 2. The largest absolute Gasteiger partial charge is 0.399 e. The Hall–Kier alpha value is -2.15. The average Bonchev–Trinajstić information content (AvgIpc) is 2.41. The minimum absolute atomic E-state index is 0.193. The first-order valence-electron chi connectivity index (χ1n) is 6.08. The summed E-state index contributed by atoms with van der Waals surface area (Å²) < 4.78 is 18.3. The van der Waals surface area contributed by atoms with E-state index in [0.717, 1.165) is 6.07 Å². The molecule has 1 aromatic carbocycles. The van der Waals surface area contributed by atoms with Crippen molar-refractivity contribution in [2.45, 2.75) is 13.0 Å². The molecule has 0 aliphatic carbocycles. The predicted molar refractivity (Wildman–Crippen MR) is 72.6 cm³/mol. The van der Waals surface area contributed by atoms with E-state index >= 15 is 0 Å². The van der Waals surface area contributed by atoms with Crippen molar-refractivity contribution in [3.63, 3.8) is 0 Å². The maximum Gasteiger partial charge on any atom is 0.254 e. The Morgan fingerprint density at radius 1 is 1.45 bits per heavy atom. The summed E-state index contributed by atoms with van der Waals surface area (Å²) in [5.74, 6) is -1.76. The Kier molecular flexibility index (Phi) is 5.92. The smallest absolute Gasteiger partial charge is 0.254 e. The number of nitrogens with two attached hydrogens (primary N) is 1. The fourth-order valence-corrected chi connectivity index (χ4v) is 1.49. The van der Waals surface area contributed by atoms with Crippen LogP contribution in [0.15, 0.2) is 18.2 Å². The molecule has 0 aromatic heterocycles. The third-order valence-corrected chi connectivity index (χ3v) is 2.58. The summed E-state index contributed by atoms with van der Waals surface area (Å²) in [6, 6.07) is 2.89. The monoisotopic (exact) mass is 283 g/mol. The maximum atomic E-state index is 13.5. The molecule has 1 aromatic rings. The molecule has 20 heavy (non-hydrogen) atoms. The zero-order chi connectivity index (χ0) is 15.1. The van der Waals surface area contributed by atoms with Gasteiger partial charge in [0.1, 0.15) is 11.9 Å². The van der Waals surface area contributed by atoms with Gasteiger partial charge < -0.3 is 21.1 Å². The number of ether oxygens (including phenoxy) is 1. The molecule has 6 nitrogen and oxygen atoms in total. The van der Waals surface area contributed by atoms with Crippen LogP contribution in [0.4, 0.5) is 10.1 Å². The summed E-state index contributed by atoms with van der Waals surface area (Å²) in [5.41, 5.74) is 5.58. The van der Waals surface area contributed by atoms with E-state index in [1.807, 2.05) is 0 Å². The second kappa shape index (κ2) is 7.44. The normalized spacial score (nSPS) is 11.8. The van der Waals surface area contributed by atoms with Crippen molar-refractivity contribution in [2.75, 3.05) is 26.0 Å². The first-order chi connectivity index (χ1) is 9.45. The first-order valence-corrected chi connectivity index (χ1v) is 6.08. The summed E-state index contributed by atoms with van der Waals surface area (Å²) in [6.07, 6.45) is 0. The van der Waals surface area contributed by atoms with Crippen molar-refractivity contribution in [2.24, 2.45) is 0 Å². The lowest BCUT2D eigenvalue weighted by molar-refractivity contribution is -0.122. The first kappa shape index (κ1) is 15.9. The van der Waals surface area contributed by atoms with Crippen LogP contribution in [0.1, 0.15) is 17.3 Å². The topological polar surface area (TPSA) is 93.5 Å². The minimum atomic E-state index is -0.791. The van der Waals surface area contributed by atoms with Gasteiger partial charge in [-0.25, -0.2) is 4.39 Å². The van der Waals surface area contributed by atoms with Crippen LogP contribution < -0.4 is 16.4 Å². The number of halogens is 1. The highest BCUT2D eigenvalue weighted by Crippen LogP contribution is 2.12. The molecule has 1 atom stereocenters. The van der Waals surface area contributed by atoms with Crippen molar-refractivity contribution >= 4 is 17.5 Å². The highest BCUT2D eigenvalue weighted by Gasteiger charge is 2.18. The third-order valence-electron chi connectivity index (χ3n) is 2.58. The molecule has 0 aliphatic heterocycles. The quantitative estimate of drug-likeness (QED) is 0.516. The van der Waals surface area contributed by atoms with E-state index in [2.05, 4.69) is 10.6 Å². The van der Waals surface area contributed by atoms with Gasteiger partial charge in [-0.15, -0.1) is 0 Å². The number of amides is 2. The standard InChI is InChI=1S/C13H18FN3O3/c1-8(12(18)16-5-6-20-2)17-13(19)10-7-9(15)3-4-11(10)14/h3-4,7-8H,5-6,15H2,1-2H3,(H,16,18)(H,17,19). The second-order valence-corrected chi connectivity index (χ2v) is 4.22. The number of anilines is 1. The fraction of sp³-hybridized carbons (Fsp3) is 0.385. The Balaban J connectivity index is 2.61. The van der Waals surface area contributed by atoms with E-state index < -0.39 is 17.8 Å². The van der Waals surface area contributed by atoms with Crippen molar-refractivity contribution in [3.8, 4) is 0 Å². The fourth-order valence-electron chi connectivity index (χ4n) is 1.49. The molecule has 0 saturated carbocycles. The molecule has 0 heterocycles. The van der Waals surface area contributed by atoms with Crippen LogP contribution in [0, 0.1) is 5.82 Å². The van der Waals surface area contributed by atoms with E-state index in [4.69, 9.17) is 10.5 Å². The molecule has 0 spiro atoms. The molecular formula is C13H18FN3O3. The summed E-state index contributed by atoms with van der Waals surface area (Å²) in [4.78, 5) is 23.5. The van der Waals surface area contributed by atoms with Crippen molar-refractivity contribution in [1.82, 2.24) is 10.6 Å². The Bertz CT molecular complexity index is 494. The van der Waals surface area contributed by atoms with Crippen LogP contribution in [0.5, 0.6) is 0 Å². The van der Waals surface area contributed by atoms with Gasteiger partial charge in [-0.1, -0.05) is 0 Å². The number of methoxy groups -OCH3 is 1. The van der Waals surface area contributed by atoms with Crippen molar-refractivity contribution in [3.05, 3.63) is 29.6 Å². The molecule has 2 amide bonds.